The second kappa shape index (κ2) is 5.00. The van der Waals surface area contributed by atoms with Crippen molar-refractivity contribution in [2.45, 2.75) is 0 Å². The van der Waals surface area contributed by atoms with Gasteiger partial charge in [0, 0.05) is 4.47 Å². The van der Waals surface area contributed by atoms with E-state index in [1.165, 1.54) is 0 Å². The van der Waals surface area contributed by atoms with Crippen LogP contribution in [0.1, 0.15) is 0 Å². The highest BCUT2D eigenvalue weighted by atomic mass is 79.9. The van der Waals surface area contributed by atoms with Crippen LogP contribution in [0.2, 0.25) is 0 Å². The molecule has 0 aliphatic heterocycles. The van der Waals surface area contributed by atoms with E-state index in [9.17, 15) is 0 Å². The fraction of sp³-hybridized carbons (Fsp3) is 0. The molecule has 0 unspecified atom stereocenters. The lowest BCUT2D eigenvalue weighted by atomic mass is 10.3. The minimum atomic E-state index is -0.0584. The number of rotatable bonds is 1. The van der Waals surface area contributed by atoms with E-state index in [0.29, 0.717) is 0 Å². The predicted molar refractivity (Wildman–Crippen MR) is 56.9 cm³/mol. The molecule has 0 aliphatic carbocycles. The number of nitrogens with two attached hydrogens (primary N) is 1. The van der Waals surface area contributed by atoms with Crippen molar-refractivity contribution in [3.63, 3.8) is 0 Å². The van der Waals surface area contributed by atoms with Crippen molar-refractivity contribution in [2.24, 2.45) is 5.73 Å². The van der Waals surface area contributed by atoms with Crippen LogP contribution in [0.25, 0.3) is 0 Å². The highest BCUT2D eigenvalue weighted by Gasteiger charge is 1.96. The second-order valence-electron chi connectivity index (χ2n) is 2.02. The minimum absolute atomic E-state index is 0. The highest BCUT2D eigenvalue weighted by Crippen LogP contribution is 2.20. The Morgan fingerprint density at radius 2 is 2.00 bits per heavy atom. The van der Waals surface area contributed by atoms with Crippen LogP contribution in [0, 0.1) is 5.41 Å². The summed E-state index contributed by atoms with van der Waals surface area (Å²) in [6.07, 6.45) is 0. The SMILES string of the molecule is Cl.N=C(N)Nc1ccccc1Br. The Labute approximate surface area is 85.4 Å². The third-order valence-corrected chi connectivity index (χ3v) is 1.83. The van der Waals surface area contributed by atoms with Crippen LogP contribution in [0.5, 0.6) is 0 Å². The lowest BCUT2D eigenvalue weighted by Gasteiger charge is -2.04. The fourth-order valence-corrected chi connectivity index (χ4v) is 1.09. The first-order chi connectivity index (χ1) is 5.20. The van der Waals surface area contributed by atoms with Crippen LogP contribution in [-0.2, 0) is 0 Å². The Bertz CT molecular complexity index is 277. The van der Waals surface area contributed by atoms with Crippen molar-refractivity contribution in [1.82, 2.24) is 0 Å². The molecule has 4 N–H and O–H groups in total. The van der Waals surface area contributed by atoms with E-state index in [2.05, 4.69) is 21.2 Å². The number of guanidine groups is 1. The van der Waals surface area contributed by atoms with Crippen LogP contribution in [0.3, 0.4) is 0 Å². The molecule has 0 saturated heterocycles. The van der Waals surface area contributed by atoms with Crippen LogP contribution in [0.4, 0.5) is 5.69 Å². The molecule has 0 aromatic heterocycles. The molecular formula is C7H9BrClN3. The molecule has 66 valence electrons. The van der Waals surface area contributed by atoms with E-state index in [1.807, 2.05) is 24.3 Å². The molecule has 0 aliphatic rings. The average Bonchev–Trinajstić information content (AvgIpc) is 1.93. The van der Waals surface area contributed by atoms with Gasteiger partial charge in [0.25, 0.3) is 0 Å². The standard InChI is InChI=1S/C7H8BrN3.ClH/c8-5-3-1-2-4-6(5)11-7(9)10;/h1-4H,(H4,9,10,11);1H. The van der Waals surface area contributed by atoms with Gasteiger partial charge in [-0.25, -0.2) is 0 Å². The summed E-state index contributed by atoms with van der Waals surface area (Å²) in [4.78, 5) is 0. The molecule has 0 atom stereocenters. The van der Waals surface area contributed by atoms with E-state index >= 15 is 0 Å². The van der Waals surface area contributed by atoms with Gasteiger partial charge in [0.1, 0.15) is 0 Å². The molecule has 0 heterocycles. The van der Waals surface area contributed by atoms with E-state index < -0.39 is 0 Å². The smallest absolute Gasteiger partial charge is 0.190 e. The molecule has 0 bridgehead atoms. The maximum absolute atomic E-state index is 6.97. The molecule has 0 radical (unpaired) electrons. The third-order valence-electron chi connectivity index (χ3n) is 1.14. The summed E-state index contributed by atoms with van der Waals surface area (Å²) in [7, 11) is 0. The highest BCUT2D eigenvalue weighted by molar-refractivity contribution is 9.10. The van der Waals surface area contributed by atoms with Crippen molar-refractivity contribution in [2.75, 3.05) is 5.32 Å². The summed E-state index contributed by atoms with van der Waals surface area (Å²) < 4.78 is 0.898. The average molecular weight is 251 g/mol. The number of hydrogen-bond donors (Lipinski definition) is 3. The topological polar surface area (TPSA) is 61.9 Å². The summed E-state index contributed by atoms with van der Waals surface area (Å²) in [5.41, 5.74) is 5.95. The molecule has 3 nitrogen and oxygen atoms in total. The summed E-state index contributed by atoms with van der Waals surface area (Å²) in [5.74, 6) is -0.0584. The van der Waals surface area contributed by atoms with Gasteiger partial charge in [0.15, 0.2) is 5.96 Å². The van der Waals surface area contributed by atoms with Gasteiger partial charge in [-0.2, -0.15) is 0 Å². The lowest BCUT2D eigenvalue weighted by molar-refractivity contribution is 1.40. The van der Waals surface area contributed by atoms with Gasteiger partial charge in [0.05, 0.1) is 5.69 Å². The number of nitrogens with one attached hydrogen (secondary N) is 2. The molecule has 5 heteroatoms. The van der Waals surface area contributed by atoms with Gasteiger partial charge in [-0.3, -0.25) is 5.41 Å². The number of para-hydroxylation sites is 1. The maximum Gasteiger partial charge on any atom is 0.190 e. The molecule has 0 fully saturated rings. The first-order valence-electron chi connectivity index (χ1n) is 3.06. The van der Waals surface area contributed by atoms with Gasteiger partial charge in [0.2, 0.25) is 0 Å². The van der Waals surface area contributed by atoms with E-state index in [0.717, 1.165) is 10.2 Å². The second-order valence-corrected chi connectivity index (χ2v) is 2.87. The van der Waals surface area contributed by atoms with E-state index in [1.54, 1.807) is 0 Å². The van der Waals surface area contributed by atoms with Gasteiger partial charge in [-0.1, -0.05) is 12.1 Å². The Morgan fingerprint density at radius 3 is 2.50 bits per heavy atom. The molecule has 0 saturated carbocycles. The van der Waals surface area contributed by atoms with Gasteiger partial charge >= 0.3 is 0 Å². The van der Waals surface area contributed by atoms with Crippen molar-refractivity contribution < 1.29 is 0 Å². The molecule has 0 amide bonds. The third kappa shape index (κ3) is 3.11. The largest absolute Gasteiger partial charge is 0.370 e. The molecule has 12 heavy (non-hydrogen) atoms. The Balaban J connectivity index is 0.00000121. The maximum atomic E-state index is 6.97. The molecule has 1 aromatic rings. The molecule has 1 aromatic carbocycles. The predicted octanol–water partition coefficient (Wildman–Crippen LogP) is 2.18. The summed E-state index contributed by atoms with van der Waals surface area (Å²) in [6.45, 7) is 0. The van der Waals surface area contributed by atoms with Crippen LogP contribution in [0.15, 0.2) is 28.7 Å². The first kappa shape index (κ1) is 11.3. The van der Waals surface area contributed by atoms with Gasteiger partial charge in [-0.05, 0) is 28.1 Å². The zero-order valence-electron chi connectivity index (χ0n) is 6.17. The summed E-state index contributed by atoms with van der Waals surface area (Å²) >= 11 is 3.31. The number of halogens is 2. The summed E-state index contributed by atoms with van der Waals surface area (Å²) in [6, 6.07) is 7.49. The van der Waals surface area contributed by atoms with E-state index in [-0.39, 0.29) is 18.4 Å². The van der Waals surface area contributed by atoms with Crippen molar-refractivity contribution in [3.8, 4) is 0 Å². The first-order valence-corrected chi connectivity index (χ1v) is 3.85. The van der Waals surface area contributed by atoms with Gasteiger partial charge < -0.3 is 11.1 Å². The number of anilines is 1. The monoisotopic (exact) mass is 249 g/mol. The van der Waals surface area contributed by atoms with Crippen molar-refractivity contribution in [3.05, 3.63) is 28.7 Å². The van der Waals surface area contributed by atoms with Gasteiger partial charge in [-0.15, -0.1) is 12.4 Å². The van der Waals surface area contributed by atoms with Crippen molar-refractivity contribution >= 4 is 40.0 Å². The quantitative estimate of drug-likeness (QED) is 0.528. The summed E-state index contributed by atoms with van der Waals surface area (Å²) in [5, 5.41) is 9.66. The Hall–Kier alpha value is -0.740. The fourth-order valence-electron chi connectivity index (χ4n) is 0.708. The zero-order chi connectivity index (χ0) is 8.27. The molecular weight excluding hydrogens is 241 g/mol. The van der Waals surface area contributed by atoms with Crippen LogP contribution in [-0.4, -0.2) is 5.96 Å². The Kier molecular flexibility index (Phi) is 4.70. The number of benzene rings is 1. The molecule has 1 rings (SSSR count). The molecule has 0 spiro atoms. The Morgan fingerprint density at radius 1 is 1.42 bits per heavy atom. The minimum Gasteiger partial charge on any atom is -0.370 e. The van der Waals surface area contributed by atoms with E-state index in [4.69, 9.17) is 11.1 Å². The van der Waals surface area contributed by atoms with Crippen LogP contribution >= 0.6 is 28.3 Å². The van der Waals surface area contributed by atoms with Crippen LogP contribution < -0.4 is 11.1 Å². The zero-order valence-corrected chi connectivity index (χ0v) is 8.58. The normalized spacial score (nSPS) is 8.42. The number of hydrogen-bond acceptors (Lipinski definition) is 1. The van der Waals surface area contributed by atoms with Crippen molar-refractivity contribution in [1.29, 1.82) is 5.41 Å². The lowest BCUT2D eigenvalue weighted by Crippen LogP contribution is -2.20.